The van der Waals surface area contributed by atoms with Gasteiger partial charge in [-0.2, -0.15) is 4.98 Å². The maximum absolute atomic E-state index is 12.0. The SMILES string of the molecule is C#CCCCCC#Cc1cn(C2C[C@@H](O)C(CO)O2)c(=O)nc1N. The highest BCUT2D eigenvalue weighted by Crippen LogP contribution is 2.27. The van der Waals surface area contributed by atoms with Crippen LogP contribution >= 0.6 is 0 Å². The molecule has 7 heteroatoms. The number of nitrogens with zero attached hydrogens (tertiary/aromatic N) is 2. The lowest BCUT2D eigenvalue weighted by Crippen LogP contribution is -2.28. The number of hydrogen-bond donors (Lipinski definition) is 3. The molecule has 2 unspecified atom stereocenters. The number of terminal acetylenes is 1. The molecule has 0 amide bonds. The van der Waals surface area contributed by atoms with Gasteiger partial charge in [-0.25, -0.2) is 4.79 Å². The Morgan fingerprint density at radius 1 is 1.46 bits per heavy atom. The number of aliphatic hydroxyl groups excluding tert-OH is 2. The van der Waals surface area contributed by atoms with Gasteiger partial charge in [0.1, 0.15) is 18.1 Å². The van der Waals surface area contributed by atoms with Gasteiger partial charge in [-0.05, 0) is 12.8 Å². The predicted molar refractivity (Wildman–Crippen MR) is 88.7 cm³/mol. The number of rotatable bonds is 5. The van der Waals surface area contributed by atoms with E-state index in [4.69, 9.17) is 22.0 Å². The van der Waals surface area contributed by atoms with Gasteiger partial charge in [0.25, 0.3) is 0 Å². The summed E-state index contributed by atoms with van der Waals surface area (Å²) in [6, 6.07) is 0. The summed E-state index contributed by atoms with van der Waals surface area (Å²) in [5, 5.41) is 18.9. The van der Waals surface area contributed by atoms with E-state index in [0.29, 0.717) is 12.0 Å². The van der Waals surface area contributed by atoms with Crippen LogP contribution in [0.4, 0.5) is 5.82 Å². The van der Waals surface area contributed by atoms with Gasteiger partial charge in [0.2, 0.25) is 0 Å². The van der Waals surface area contributed by atoms with Gasteiger partial charge in [-0.3, -0.25) is 4.57 Å². The van der Waals surface area contributed by atoms with E-state index in [1.54, 1.807) is 0 Å². The molecule has 1 fully saturated rings. The number of nitrogens with two attached hydrogens (primary N) is 1. The molecule has 0 saturated carbocycles. The molecule has 0 aromatic carbocycles. The molecule has 3 atom stereocenters. The van der Waals surface area contributed by atoms with Crippen LogP contribution in [0.3, 0.4) is 0 Å². The van der Waals surface area contributed by atoms with Gasteiger partial charge >= 0.3 is 5.69 Å². The Kier molecular flexibility index (Phi) is 6.39. The molecule has 0 radical (unpaired) electrons. The molecule has 0 spiro atoms. The molecule has 1 aliphatic rings. The number of anilines is 1. The van der Waals surface area contributed by atoms with Crippen molar-refractivity contribution in [2.24, 2.45) is 0 Å². The first-order valence-corrected chi connectivity index (χ1v) is 7.82. The summed E-state index contributed by atoms with van der Waals surface area (Å²) < 4.78 is 6.72. The fourth-order valence-electron chi connectivity index (χ4n) is 2.43. The van der Waals surface area contributed by atoms with Gasteiger partial charge in [0.15, 0.2) is 0 Å². The number of ether oxygens (including phenoxy) is 1. The van der Waals surface area contributed by atoms with Crippen molar-refractivity contribution in [1.29, 1.82) is 0 Å². The van der Waals surface area contributed by atoms with Crippen LogP contribution in [0, 0.1) is 24.2 Å². The quantitative estimate of drug-likeness (QED) is 0.518. The molecular weight excluding hydrogens is 310 g/mol. The zero-order valence-corrected chi connectivity index (χ0v) is 13.3. The van der Waals surface area contributed by atoms with Crippen LogP contribution in [0.25, 0.3) is 0 Å². The highest BCUT2D eigenvalue weighted by atomic mass is 16.5. The second-order valence-electron chi connectivity index (χ2n) is 5.56. The number of unbranched alkanes of at least 4 members (excludes halogenated alkanes) is 3. The summed E-state index contributed by atoms with van der Waals surface area (Å²) >= 11 is 0. The van der Waals surface area contributed by atoms with E-state index in [-0.39, 0.29) is 18.8 Å². The van der Waals surface area contributed by atoms with Crippen molar-refractivity contribution >= 4 is 5.82 Å². The highest BCUT2D eigenvalue weighted by Gasteiger charge is 2.35. The van der Waals surface area contributed by atoms with Crippen molar-refractivity contribution < 1.29 is 14.9 Å². The highest BCUT2D eigenvalue weighted by molar-refractivity contribution is 5.48. The van der Waals surface area contributed by atoms with E-state index in [1.807, 2.05) is 0 Å². The monoisotopic (exact) mass is 331 g/mol. The van der Waals surface area contributed by atoms with Gasteiger partial charge in [-0.1, -0.05) is 11.8 Å². The zero-order valence-electron chi connectivity index (χ0n) is 13.3. The van der Waals surface area contributed by atoms with Crippen molar-refractivity contribution in [3.63, 3.8) is 0 Å². The third-order valence-electron chi connectivity index (χ3n) is 3.77. The minimum absolute atomic E-state index is 0.0598. The smallest absolute Gasteiger partial charge is 0.351 e. The minimum atomic E-state index is -0.838. The van der Waals surface area contributed by atoms with Gasteiger partial charge in [0, 0.05) is 25.5 Å². The normalized spacial score (nSPS) is 22.6. The fraction of sp³-hybridized carbons (Fsp3) is 0.529. The molecule has 7 nitrogen and oxygen atoms in total. The molecule has 4 N–H and O–H groups in total. The van der Waals surface area contributed by atoms with Crippen LogP contribution < -0.4 is 11.4 Å². The van der Waals surface area contributed by atoms with E-state index < -0.39 is 24.1 Å². The Balaban J connectivity index is 2.13. The Morgan fingerprint density at radius 3 is 2.88 bits per heavy atom. The second-order valence-corrected chi connectivity index (χ2v) is 5.56. The first-order valence-electron chi connectivity index (χ1n) is 7.82. The topological polar surface area (TPSA) is 111 Å². The Bertz CT molecular complexity index is 726. The van der Waals surface area contributed by atoms with E-state index in [9.17, 15) is 9.90 Å². The van der Waals surface area contributed by atoms with Crippen LogP contribution in [0.15, 0.2) is 11.0 Å². The molecule has 24 heavy (non-hydrogen) atoms. The largest absolute Gasteiger partial charge is 0.394 e. The van der Waals surface area contributed by atoms with Crippen molar-refractivity contribution in [2.45, 2.75) is 50.5 Å². The minimum Gasteiger partial charge on any atom is -0.394 e. The number of nitrogen functional groups attached to an aromatic ring is 1. The lowest BCUT2D eigenvalue weighted by Gasteiger charge is -2.14. The number of hydrogen-bond acceptors (Lipinski definition) is 6. The molecule has 0 aliphatic carbocycles. The number of aromatic nitrogens is 2. The summed E-state index contributed by atoms with van der Waals surface area (Å²) in [6.45, 7) is -0.320. The summed E-state index contributed by atoms with van der Waals surface area (Å²) in [6.07, 6.45) is 7.80. The summed E-state index contributed by atoms with van der Waals surface area (Å²) in [5.74, 6) is 8.52. The third-order valence-corrected chi connectivity index (χ3v) is 3.77. The van der Waals surface area contributed by atoms with Crippen LogP contribution in [0.5, 0.6) is 0 Å². The van der Waals surface area contributed by atoms with Gasteiger partial charge < -0.3 is 20.7 Å². The molecular formula is C17H21N3O4. The summed E-state index contributed by atoms with van der Waals surface area (Å²) in [5.41, 5.74) is 5.60. The van der Waals surface area contributed by atoms with E-state index in [2.05, 4.69) is 22.7 Å². The second kappa shape index (κ2) is 8.51. The molecule has 1 aromatic rings. The van der Waals surface area contributed by atoms with Crippen LogP contribution in [0.2, 0.25) is 0 Å². The Labute approximate surface area is 140 Å². The van der Waals surface area contributed by atoms with Gasteiger partial charge in [-0.15, -0.1) is 12.3 Å². The van der Waals surface area contributed by atoms with E-state index in [0.717, 1.165) is 19.3 Å². The summed E-state index contributed by atoms with van der Waals surface area (Å²) in [7, 11) is 0. The molecule has 1 saturated heterocycles. The average molecular weight is 331 g/mol. The maximum atomic E-state index is 12.0. The average Bonchev–Trinajstić information content (AvgIpc) is 2.93. The number of aliphatic hydroxyl groups is 2. The standard InChI is InChI=1S/C17H21N3O4/c1-2-3-4-5-6-7-8-12-10-20(17(23)19-16(12)18)15-9-13(22)14(11-21)24-15/h1,10,13-15,21-22H,3-6,9,11H2,(H2,18,19,23)/t13-,14?,15?/m1/s1. The predicted octanol–water partition coefficient (Wildman–Crippen LogP) is 0.0113. The lowest BCUT2D eigenvalue weighted by atomic mass is 10.2. The molecule has 2 heterocycles. The summed E-state index contributed by atoms with van der Waals surface area (Å²) in [4.78, 5) is 15.8. The van der Waals surface area contributed by atoms with Crippen LogP contribution in [-0.4, -0.2) is 38.6 Å². The van der Waals surface area contributed by atoms with Crippen molar-refractivity contribution in [1.82, 2.24) is 9.55 Å². The molecule has 128 valence electrons. The van der Waals surface area contributed by atoms with Crippen molar-refractivity contribution in [3.05, 3.63) is 22.2 Å². The van der Waals surface area contributed by atoms with E-state index >= 15 is 0 Å². The first kappa shape index (κ1) is 18.0. The van der Waals surface area contributed by atoms with Crippen molar-refractivity contribution in [3.8, 4) is 24.2 Å². The Morgan fingerprint density at radius 2 is 2.21 bits per heavy atom. The third kappa shape index (κ3) is 4.36. The van der Waals surface area contributed by atoms with Crippen molar-refractivity contribution in [2.75, 3.05) is 12.3 Å². The Hall–Kier alpha value is -2.32. The van der Waals surface area contributed by atoms with Gasteiger partial charge in [0.05, 0.1) is 18.3 Å². The zero-order chi connectivity index (χ0) is 17.5. The van der Waals surface area contributed by atoms with E-state index in [1.165, 1.54) is 10.8 Å². The molecule has 1 aliphatic heterocycles. The lowest BCUT2D eigenvalue weighted by molar-refractivity contribution is -0.0458. The molecule has 0 bridgehead atoms. The first-order chi connectivity index (χ1) is 11.6. The fourth-order valence-corrected chi connectivity index (χ4v) is 2.43. The van der Waals surface area contributed by atoms with Crippen LogP contribution in [-0.2, 0) is 4.74 Å². The maximum Gasteiger partial charge on any atom is 0.351 e. The molecule has 2 rings (SSSR count). The molecule has 1 aromatic heterocycles. The van der Waals surface area contributed by atoms with Crippen LogP contribution in [0.1, 0.15) is 43.9 Å².